The van der Waals surface area contributed by atoms with E-state index in [1.54, 1.807) is 6.92 Å². The average Bonchev–Trinajstić information content (AvgIpc) is 3.26. The van der Waals surface area contributed by atoms with Crippen molar-refractivity contribution in [2.45, 2.75) is 37.9 Å². The third-order valence-electron chi connectivity index (χ3n) is 5.84. The number of piperidine rings is 1. The van der Waals surface area contributed by atoms with Crippen LogP contribution in [0.3, 0.4) is 0 Å². The first kappa shape index (κ1) is 22.3. The number of nitrogens with one attached hydrogen (secondary N) is 1. The van der Waals surface area contributed by atoms with Gasteiger partial charge in [-0.2, -0.15) is 0 Å². The molecule has 32 heavy (non-hydrogen) atoms. The van der Waals surface area contributed by atoms with Gasteiger partial charge < -0.3 is 14.6 Å². The maximum absolute atomic E-state index is 14.2. The summed E-state index contributed by atoms with van der Waals surface area (Å²) in [5.41, 5.74) is -1.31. The van der Waals surface area contributed by atoms with Crippen molar-refractivity contribution < 1.29 is 32.0 Å². The van der Waals surface area contributed by atoms with Crippen molar-refractivity contribution in [1.29, 1.82) is 0 Å². The maximum Gasteiger partial charge on any atom is 0.312 e. The van der Waals surface area contributed by atoms with Crippen LogP contribution in [0, 0.1) is 17.6 Å². The number of nitrogens with zero attached hydrogens (tertiary/aromatic N) is 2. The molecule has 0 bridgehead atoms. The molecule has 0 unspecified atom stereocenters. The quantitative estimate of drug-likeness (QED) is 0.652. The van der Waals surface area contributed by atoms with Crippen LogP contribution in [0.25, 0.3) is 11.3 Å². The molecule has 1 saturated heterocycles. The predicted octanol–water partition coefficient (Wildman–Crippen LogP) is 3.11. The number of hydrogen-bond acceptors (Lipinski definition) is 6. The van der Waals surface area contributed by atoms with Gasteiger partial charge in [0.25, 0.3) is 5.91 Å². The molecule has 172 valence electrons. The maximum atomic E-state index is 14.2. The van der Waals surface area contributed by atoms with Crippen molar-refractivity contribution in [2.75, 3.05) is 26.2 Å². The summed E-state index contributed by atoms with van der Waals surface area (Å²) >= 11 is 0. The number of carbonyl (C=O) groups is 2. The molecule has 2 fully saturated rings. The van der Waals surface area contributed by atoms with E-state index in [-0.39, 0.29) is 36.7 Å². The standard InChI is InChI=1S/C22H24F3N3O4/c1-2-31-21(30)15-11-28(12-22(25)6-7-22)8-5-17(15)26-20(29)18-10-19(32-27-18)14-4-3-13(23)9-16(14)24/h3-4,9-10,15,17H,2,5-8,11-12H2,1H3,(H,26,29)/t15-,17-/m0/s1. The Kier molecular flexibility index (Phi) is 6.23. The van der Waals surface area contributed by atoms with E-state index < -0.39 is 41.1 Å². The first-order valence-corrected chi connectivity index (χ1v) is 10.6. The lowest BCUT2D eigenvalue weighted by molar-refractivity contribution is -0.151. The van der Waals surface area contributed by atoms with Crippen molar-refractivity contribution in [1.82, 2.24) is 15.4 Å². The molecule has 7 nitrogen and oxygen atoms in total. The minimum atomic E-state index is -1.18. The number of amides is 1. The van der Waals surface area contributed by atoms with E-state index in [9.17, 15) is 22.8 Å². The van der Waals surface area contributed by atoms with E-state index in [4.69, 9.17) is 9.26 Å². The number of carbonyl (C=O) groups excluding carboxylic acids is 2. The zero-order valence-electron chi connectivity index (χ0n) is 17.6. The highest BCUT2D eigenvalue weighted by Gasteiger charge is 2.46. The van der Waals surface area contributed by atoms with Crippen LogP contribution in [0.5, 0.6) is 0 Å². The third kappa shape index (κ3) is 4.95. The van der Waals surface area contributed by atoms with Gasteiger partial charge in [0.2, 0.25) is 0 Å². The first-order valence-electron chi connectivity index (χ1n) is 10.6. The molecule has 1 saturated carbocycles. The molecule has 2 aliphatic rings. The van der Waals surface area contributed by atoms with Crippen molar-refractivity contribution >= 4 is 11.9 Å². The molecular weight excluding hydrogens is 427 g/mol. The van der Waals surface area contributed by atoms with E-state index >= 15 is 0 Å². The van der Waals surface area contributed by atoms with Crippen molar-refractivity contribution in [3.63, 3.8) is 0 Å². The van der Waals surface area contributed by atoms with Crippen molar-refractivity contribution in [2.24, 2.45) is 5.92 Å². The minimum absolute atomic E-state index is 0.0258. The molecule has 2 aromatic rings. The zero-order chi connectivity index (χ0) is 22.9. The van der Waals surface area contributed by atoms with E-state index in [0.29, 0.717) is 31.9 Å². The SMILES string of the molecule is CCOC(=O)[C@H]1CN(CC2(F)CC2)CC[C@@H]1NC(=O)c1cc(-c2ccc(F)cc2F)on1. The van der Waals surface area contributed by atoms with Crippen LogP contribution in [-0.2, 0) is 9.53 Å². The molecule has 1 amide bonds. The molecule has 1 aliphatic heterocycles. The number of halogens is 3. The molecule has 2 heterocycles. The van der Waals surface area contributed by atoms with Gasteiger partial charge in [-0.15, -0.1) is 0 Å². The lowest BCUT2D eigenvalue weighted by atomic mass is 9.91. The van der Waals surface area contributed by atoms with Crippen molar-refractivity contribution in [3.05, 3.63) is 41.6 Å². The Hall–Kier alpha value is -2.88. The van der Waals surface area contributed by atoms with Gasteiger partial charge in [0, 0.05) is 37.8 Å². The minimum Gasteiger partial charge on any atom is -0.466 e. The second-order valence-electron chi connectivity index (χ2n) is 8.31. The highest BCUT2D eigenvalue weighted by molar-refractivity contribution is 5.93. The van der Waals surface area contributed by atoms with Crippen LogP contribution < -0.4 is 5.32 Å². The Balaban J connectivity index is 1.45. The average molecular weight is 451 g/mol. The molecule has 1 aromatic carbocycles. The molecule has 0 spiro atoms. The Morgan fingerprint density at radius 1 is 1.31 bits per heavy atom. The normalized spacial score (nSPS) is 22.4. The number of alkyl halides is 1. The van der Waals surface area contributed by atoms with E-state index in [1.165, 1.54) is 12.1 Å². The van der Waals surface area contributed by atoms with Gasteiger partial charge in [-0.1, -0.05) is 5.16 Å². The summed E-state index contributed by atoms with van der Waals surface area (Å²) in [7, 11) is 0. The Morgan fingerprint density at radius 3 is 2.78 bits per heavy atom. The summed E-state index contributed by atoms with van der Waals surface area (Å²) in [5, 5.41) is 6.45. The van der Waals surface area contributed by atoms with Gasteiger partial charge in [-0.05, 0) is 38.3 Å². The molecule has 4 rings (SSSR count). The van der Waals surface area contributed by atoms with Crippen LogP contribution in [0.15, 0.2) is 28.8 Å². The van der Waals surface area contributed by atoms with E-state index in [0.717, 1.165) is 6.07 Å². The molecule has 1 aromatic heterocycles. The summed E-state index contributed by atoms with van der Waals surface area (Å²) in [4.78, 5) is 27.1. The number of aromatic nitrogens is 1. The van der Waals surface area contributed by atoms with Gasteiger partial charge in [0.05, 0.1) is 18.1 Å². The van der Waals surface area contributed by atoms with E-state index in [2.05, 4.69) is 10.5 Å². The molecule has 10 heteroatoms. The number of hydrogen-bond donors (Lipinski definition) is 1. The summed E-state index contributed by atoms with van der Waals surface area (Å²) < 4.78 is 51.5. The smallest absolute Gasteiger partial charge is 0.312 e. The zero-order valence-corrected chi connectivity index (χ0v) is 17.6. The second-order valence-corrected chi connectivity index (χ2v) is 8.31. The highest BCUT2D eigenvalue weighted by Crippen LogP contribution is 2.41. The fraction of sp³-hybridized carbons (Fsp3) is 0.500. The first-order chi connectivity index (χ1) is 15.3. The van der Waals surface area contributed by atoms with Crippen molar-refractivity contribution in [3.8, 4) is 11.3 Å². The topological polar surface area (TPSA) is 84.7 Å². The summed E-state index contributed by atoms with van der Waals surface area (Å²) in [6.45, 7) is 2.95. The second kappa shape index (κ2) is 8.93. The monoisotopic (exact) mass is 451 g/mol. The van der Waals surface area contributed by atoms with Gasteiger partial charge in [0.1, 0.15) is 17.3 Å². The lowest BCUT2D eigenvalue weighted by Gasteiger charge is -2.38. The van der Waals surface area contributed by atoms with Gasteiger partial charge in [0.15, 0.2) is 11.5 Å². The number of benzene rings is 1. The Labute approximate surface area is 182 Å². The summed E-state index contributed by atoms with van der Waals surface area (Å²) in [6, 6.07) is 3.69. The fourth-order valence-electron chi connectivity index (χ4n) is 3.96. The Bertz CT molecular complexity index is 1010. The van der Waals surface area contributed by atoms with Crippen LogP contribution in [0.2, 0.25) is 0 Å². The Morgan fingerprint density at radius 2 is 2.09 bits per heavy atom. The molecular formula is C22H24F3N3O4. The summed E-state index contributed by atoms with van der Waals surface area (Å²) in [6.07, 6.45) is 1.48. The van der Waals surface area contributed by atoms with Gasteiger partial charge in [-0.25, -0.2) is 13.2 Å². The van der Waals surface area contributed by atoms with Gasteiger partial charge in [-0.3, -0.25) is 14.5 Å². The van der Waals surface area contributed by atoms with Crippen LogP contribution in [0.1, 0.15) is 36.7 Å². The summed E-state index contributed by atoms with van der Waals surface area (Å²) in [5.74, 6) is -3.32. The van der Waals surface area contributed by atoms with Gasteiger partial charge >= 0.3 is 5.97 Å². The highest BCUT2D eigenvalue weighted by atomic mass is 19.1. The van der Waals surface area contributed by atoms with Crippen LogP contribution >= 0.6 is 0 Å². The molecule has 1 aliphatic carbocycles. The third-order valence-corrected chi connectivity index (χ3v) is 5.84. The number of rotatable bonds is 7. The number of ether oxygens (including phenoxy) is 1. The molecule has 1 N–H and O–H groups in total. The predicted molar refractivity (Wildman–Crippen MR) is 107 cm³/mol. The number of likely N-dealkylation sites (tertiary alicyclic amines) is 1. The molecule has 0 radical (unpaired) electrons. The number of esters is 1. The lowest BCUT2D eigenvalue weighted by Crippen LogP contribution is -2.55. The fourth-order valence-corrected chi connectivity index (χ4v) is 3.96. The van der Waals surface area contributed by atoms with Crippen LogP contribution in [0.4, 0.5) is 13.2 Å². The van der Waals surface area contributed by atoms with E-state index in [1.807, 2.05) is 4.90 Å². The molecule has 2 atom stereocenters. The van der Waals surface area contributed by atoms with Crippen LogP contribution in [-0.4, -0.2) is 59.9 Å². The largest absolute Gasteiger partial charge is 0.466 e.